The van der Waals surface area contributed by atoms with Gasteiger partial charge in [0.25, 0.3) is 0 Å². The number of aromatic amines is 1. The highest BCUT2D eigenvalue weighted by Gasteiger charge is 2.20. The summed E-state index contributed by atoms with van der Waals surface area (Å²) in [5.41, 5.74) is 1.84. The summed E-state index contributed by atoms with van der Waals surface area (Å²) in [5.74, 6) is -1.38. The van der Waals surface area contributed by atoms with E-state index in [9.17, 15) is 9.59 Å². The first-order valence-corrected chi connectivity index (χ1v) is 5.63. The van der Waals surface area contributed by atoms with Gasteiger partial charge in [-0.15, -0.1) is 0 Å². The van der Waals surface area contributed by atoms with Gasteiger partial charge < -0.3 is 21.6 Å². The largest absolute Gasteiger partial charge is 0.480 e. The first-order chi connectivity index (χ1) is 8.58. The fourth-order valence-corrected chi connectivity index (χ4v) is 1.97. The molecule has 2 aromatic rings. The number of aromatic nitrogens is 1. The molecule has 1 heterocycles. The molecular weight excluding hydrogens is 246 g/mol. The summed E-state index contributed by atoms with van der Waals surface area (Å²) >= 11 is 0. The Bertz CT molecular complexity index is 592. The van der Waals surface area contributed by atoms with Crippen LogP contribution in [-0.2, 0) is 16.0 Å². The number of fused-ring (bicyclic) bond motifs is 1. The second-order valence-corrected chi connectivity index (χ2v) is 4.15. The Morgan fingerprint density at radius 2 is 2.05 bits per heavy atom. The number of nitrogens with one attached hydrogen (secondary N) is 2. The molecular formula is C13H17N3O3. The Labute approximate surface area is 110 Å². The second kappa shape index (κ2) is 6.01. The lowest BCUT2D eigenvalue weighted by Gasteiger charge is -2.12. The minimum Gasteiger partial charge on any atom is -0.480 e. The van der Waals surface area contributed by atoms with Crippen molar-refractivity contribution in [2.75, 3.05) is 0 Å². The Morgan fingerprint density at radius 3 is 2.68 bits per heavy atom. The smallest absolute Gasteiger partial charge is 0.326 e. The molecule has 2 rings (SSSR count). The van der Waals surface area contributed by atoms with E-state index in [1.165, 1.54) is 6.92 Å². The average molecular weight is 263 g/mol. The summed E-state index contributed by atoms with van der Waals surface area (Å²) in [6.45, 7) is 1.31. The van der Waals surface area contributed by atoms with Crippen molar-refractivity contribution in [3.8, 4) is 0 Å². The van der Waals surface area contributed by atoms with E-state index in [1.54, 1.807) is 6.20 Å². The summed E-state index contributed by atoms with van der Waals surface area (Å²) in [5, 5.41) is 12.5. The van der Waals surface area contributed by atoms with E-state index in [0.717, 1.165) is 16.5 Å². The van der Waals surface area contributed by atoms with Crippen LogP contribution in [0.2, 0.25) is 0 Å². The number of amides is 1. The van der Waals surface area contributed by atoms with Crippen LogP contribution < -0.4 is 11.5 Å². The Morgan fingerprint density at radius 1 is 1.37 bits per heavy atom. The second-order valence-electron chi connectivity index (χ2n) is 4.15. The molecule has 6 N–H and O–H groups in total. The summed E-state index contributed by atoms with van der Waals surface area (Å²) in [6.07, 6.45) is 2.04. The van der Waals surface area contributed by atoms with Crippen LogP contribution in [0.3, 0.4) is 0 Å². The quantitative estimate of drug-likeness (QED) is 0.668. The topological polar surface area (TPSA) is 117 Å². The van der Waals surface area contributed by atoms with Gasteiger partial charge >= 0.3 is 5.97 Å². The predicted molar refractivity (Wildman–Crippen MR) is 72.3 cm³/mol. The zero-order valence-corrected chi connectivity index (χ0v) is 10.6. The first kappa shape index (κ1) is 14.7. The van der Waals surface area contributed by atoms with E-state index in [-0.39, 0.29) is 18.5 Å². The lowest BCUT2D eigenvalue weighted by Crippen LogP contribution is -2.41. The minimum absolute atomic E-state index is 0. The van der Waals surface area contributed by atoms with E-state index in [1.807, 2.05) is 24.3 Å². The SMILES string of the molecule is CC(=O)NC(Cc1c[nH]c2ccccc12)C(=O)O.N. The number of rotatable bonds is 4. The number of benzene rings is 1. The van der Waals surface area contributed by atoms with Crippen LogP contribution >= 0.6 is 0 Å². The van der Waals surface area contributed by atoms with Crippen molar-refractivity contribution in [2.24, 2.45) is 0 Å². The van der Waals surface area contributed by atoms with Crippen molar-refractivity contribution in [1.29, 1.82) is 0 Å². The maximum atomic E-state index is 11.1. The Kier molecular flexibility index (Phi) is 4.66. The van der Waals surface area contributed by atoms with E-state index in [2.05, 4.69) is 10.3 Å². The summed E-state index contributed by atoms with van der Waals surface area (Å²) in [7, 11) is 0. The van der Waals surface area contributed by atoms with Crippen LogP contribution in [-0.4, -0.2) is 28.0 Å². The minimum atomic E-state index is -1.03. The van der Waals surface area contributed by atoms with Crippen molar-refractivity contribution >= 4 is 22.8 Å². The lowest BCUT2D eigenvalue weighted by atomic mass is 10.1. The Hall–Kier alpha value is -2.34. The fraction of sp³-hybridized carbons (Fsp3) is 0.231. The van der Waals surface area contributed by atoms with Gasteiger partial charge in [0.2, 0.25) is 5.91 Å². The maximum absolute atomic E-state index is 11.1. The molecule has 1 aromatic carbocycles. The number of aliphatic carboxylic acids is 1. The highest BCUT2D eigenvalue weighted by atomic mass is 16.4. The maximum Gasteiger partial charge on any atom is 0.326 e. The number of para-hydroxylation sites is 1. The molecule has 0 aliphatic rings. The average Bonchev–Trinajstić information content (AvgIpc) is 2.71. The molecule has 102 valence electrons. The van der Waals surface area contributed by atoms with Gasteiger partial charge in [-0.1, -0.05) is 18.2 Å². The zero-order chi connectivity index (χ0) is 13.1. The van der Waals surface area contributed by atoms with Crippen molar-refractivity contribution in [3.63, 3.8) is 0 Å². The molecule has 6 nitrogen and oxygen atoms in total. The van der Waals surface area contributed by atoms with Crippen LogP contribution in [0.4, 0.5) is 0 Å². The molecule has 0 fully saturated rings. The van der Waals surface area contributed by atoms with Gasteiger partial charge in [0, 0.05) is 30.4 Å². The molecule has 0 radical (unpaired) electrons. The predicted octanol–water partition coefficient (Wildman–Crippen LogP) is 1.46. The first-order valence-electron chi connectivity index (χ1n) is 5.63. The molecule has 1 amide bonds. The molecule has 1 unspecified atom stereocenters. The zero-order valence-electron chi connectivity index (χ0n) is 10.6. The number of carbonyl (C=O) groups is 2. The van der Waals surface area contributed by atoms with Crippen LogP contribution in [0.5, 0.6) is 0 Å². The van der Waals surface area contributed by atoms with Crippen LogP contribution in [0, 0.1) is 0 Å². The van der Waals surface area contributed by atoms with E-state index < -0.39 is 12.0 Å². The molecule has 1 atom stereocenters. The molecule has 0 aliphatic carbocycles. The highest BCUT2D eigenvalue weighted by Crippen LogP contribution is 2.19. The third-order valence-electron chi connectivity index (χ3n) is 2.77. The number of H-pyrrole nitrogens is 1. The third kappa shape index (κ3) is 3.32. The number of hydrogen-bond donors (Lipinski definition) is 4. The van der Waals surface area contributed by atoms with Gasteiger partial charge in [-0.2, -0.15) is 0 Å². The molecule has 1 aromatic heterocycles. The summed E-state index contributed by atoms with van der Waals surface area (Å²) < 4.78 is 0. The highest BCUT2D eigenvalue weighted by molar-refractivity contribution is 5.86. The Balaban J connectivity index is 0.00000180. The van der Waals surface area contributed by atoms with E-state index in [4.69, 9.17) is 5.11 Å². The normalized spacial score (nSPS) is 11.6. The molecule has 19 heavy (non-hydrogen) atoms. The van der Waals surface area contributed by atoms with Crippen LogP contribution in [0.25, 0.3) is 10.9 Å². The molecule has 0 bridgehead atoms. The number of hydrogen-bond acceptors (Lipinski definition) is 3. The van der Waals surface area contributed by atoms with E-state index >= 15 is 0 Å². The fourth-order valence-electron chi connectivity index (χ4n) is 1.97. The monoisotopic (exact) mass is 263 g/mol. The molecule has 0 aliphatic heterocycles. The van der Waals surface area contributed by atoms with Crippen molar-refractivity contribution < 1.29 is 14.7 Å². The lowest BCUT2D eigenvalue weighted by molar-refractivity contribution is -0.141. The van der Waals surface area contributed by atoms with Crippen molar-refractivity contribution in [3.05, 3.63) is 36.0 Å². The van der Waals surface area contributed by atoms with Gasteiger partial charge in [-0.25, -0.2) is 4.79 Å². The molecule has 0 saturated carbocycles. The van der Waals surface area contributed by atoms with Crippen LogP contribution in [0.15, 0.2) is 30.5 Å². The van der Waals surface area contributed by atoms with Gasteiger partial charge in [-0.3, -0.25) is 4.79 Å². The summed E-state index contributed by atoms with van der Waals surface area (Å²) in [4.78, 5) is 25.1. The molecule has 0 saturated heterocycles. The summed E-state index contributed by atoms with van der Waals surface area (Å²) in [6, 6.07) is 6.75. The number of carbonyl (C=O) groups excluding carboxylic acids is 1. The van der Waals surface area contributed by atoms with E-state index in [0.29, 0.717) is 0 Å². The van der Waals surface area contributed by atoms with Gasteiger partial charge in [0.15, 0.2) is 0 Å². The van der Waals surface area contributed by atoms with Gasteiger partial charge in [-0.05, 0) is 11.6 Å². The number of carboxylic acid groups (broad SMARTS) is 1. The number of carboxylic acids is 1. The molecule has 6 heteroatoms. The van der Waals surface area contributed by atoms with Gasteiger partial charge in [0.05, 0.1) is 0 Å². The third-order valence-corrected chi connectivity index (χ3v) is 2.77. The van der Waals surface area contributed by atoms with Gasteiger partial charge in [0.1, 0.15) is 6.04 Å². The standard InChI is InChI=1S/C13H14N2O3.H3N/c1-8(16)15-12(13(17)18)6-9-7-14-11-5-3-2-4-10(9)11;/h2-5,7,12,14H,6H2,1H3,(H,15,16)(H,17,18);1H3. The van der Waals surface area contributed by atoms with Crippen LogP contribution in [0.1, 0.15) is 12.5 Å². The molecule has 0 spiro atoms. The van der Waals surface area contributed by atoms with Crippen molar-refractivity contribution in [1.82, 2.24) is 16.5 Å². The van der Waals surface area contributed by atoms with Crippen molar-refractivity contribution in [2.45, 2.75) is 19.4 Å².